The lowest BCUT2D eigenvalue weighted by Crippen LogP contribution is -2.31. The average molecular weight is 176 g/mol. The summed E-state index contributed by atoms with van der Waals surface area (Å²) in [6.45, 7) is 3.20. The number of rotatable bonds is 0. The molecule has 1 aromatic heterocycles. The Hall–Kier alpha value is -0.830. The van der Waals surface area contributed by atoms with E-state index >= 15 is 0 Å². The second-order valence-electron chi connectivity index (χ2n) is 2.33. The van der Waals surface area contributed by atoms with Gasteiger partial charge in [0.25, 0.3) is 0 Å². The van der Waals surface area contributed by atoms with Crippen LogP contribution in [0.25, 0.3) is 0 Å². The summed E-state index contributed by atoms with van der Waals surface area (Å²) in [7, 11) is 0. The fraction of sp³-hybridized carbons (Fsp3) is 0.286. The molecule has 2 nitrogen and oxygen atoms in total. The van der Waals surface area contributed by atoms with E-state index in [0.29, 0.717) is 16.0 Å². The Morgan fingerprint density at radius 2 is 2.09 bits per heavy atom. The van der Waals surface area contributed by atoms with E-state index in [1.165, 1.54) is 0 Å². The van der Waals surface area contributed by atoms with Crippen LogP contribution in [0.5, 0.6) is 0 Å². The molecule has 1 rings (SSSR count). The zero-order valence-electron chi connectivity index (χ0n) is 6.19. The standard InChI is InChI=1S/C7H7ClFNO/c1-4-5(2)10(11)3-6(9)7(4)8/h3H,1-2H3. The third-order valence-electron chi connectivity index (χ3n) is 1.64. The van der Waals surface area contributed by atoms with Crippen LogP contribution in [0.2, 0.25) is 5.02 Å². The van der Waals surface area contributed by atoms with Crippen molar-refractivity contribution in [3.63, 3.8) is 0 Å². The number of nitrogens with zero attached hydrogens (tertiary/aromatic N) is 1. The minimum atomic E-state index is -0.676. The highest BCUT2D eigenvalue weighted by Crippen LogP contribution is 2.18. The SMILES string of the molecule is Cc1c(Cl)c(F)c[n+]([O-])c1C. The predicted octanol–water partition coefficient (Wildman–Crippen LogP) is 1.73. The van der Waals surface area contributed by atoms with Crippen molar-refractivity contribution in [2.24, 2.45) is 0 Å². The molecule has 1 heterocycles. The van der Waals surface area contributed by atoms with Crippen LogP contribution in [-0.2, 0) is 0 Å². The van der Waals surface area contributed by atoms with E-state index in [-0.39, 0.29) is 5.02 Å². The van der Waals surface area contributed by atoms with Gasteiger partial charge in [0.2, 0.25) is 12.0 Å². The fourth-order valence-corrected chi connectivity index (χ4v) is 0.945. The number of aromatic nitrogens is 1. The summed E-state index contributed by atoms with van der Waals surface area (Å²) in [5, 5.41) is 10.9. The molecule has 0 fully saturated rings. The number of hydrogen-bond donors (Lipinski definition) is 0. The van der Waals surface area contributed by atoms with Gasteiger partial charge in [-0.15, -0.1) is 0 Å². The molecule has 4 heteroatoms. The van der Waals surface area contributed by atoms with Gasteiger partial charge in [-0.1, -0.05) is 11.6 Å². The summed E-state index contributed by atoms with van der Waals surface area (Å²) in [5.41, 5.74) is 0.915. The Bertz CT molecular complexity index is 275. The first-order valence-electron chi connectivity index (χ1n) is 3.08. The van der Waals surface area contributed by atoms with E-state index < -0.39 is 5.82 Å². The Morgan fingerprint density at radius 3 is 2.64 bits per heavy atom. The third kappa shape index (κ3) is 1.28. The molecule has 0 aliphatic heterocycles. The Balaban J connectivity index is 3.46. The second kappa shape index (κ2) is 2.66. The van der Waals surface area contributed by atoms with E-state index in [0.717, 1.165) is 6.20 Å². The van der Waals surface area contributed by atoms with Crippen LogP contribution in [0, 0.1) is 24.9 Å². The molecule has 0 N–H and O–H groups in total. The third-order valence-corrected chi connectivity index (χ3v) is 2.11. The molecule has 0 spiro atoms. The number of hydrogen-bond acceptors (Lipinski definition) is 1. The second-order valence-corrected chi connectivity index (χ2v) is 2.71. The molecule has 0 amide bonds. The van der Waals surface area contributed by atoms with Crippen molar-refractivity contribution in [1.82, 2.24) is 0 Å². The van der Waals surface area contributed by atoms with Gasteiger partial charge in [0, 0.05) is 12.5 Å². The van der Waals surface area contributed by atoms with E-state index in [2.05, 4.69) is 0 Å². The van der Waals surface area contributed by atoms with E-state index in [1.807, 2.05) is 0 Å². The maximum Gasteiger partial charge on any atom is 0.217 e. The smallest absolute Gasteiger partial charge is 0.217 e. The molecule has 0 radical (unpaired) electrons. The topological polar surface area (TPSA) is 26.9 Å². The van der Waals surface area contributed by atoms with Crippen LogP contribution in [0.1, 0.15) is 11.3 Å². The molecule has 60 valence electrons. The molecular formula is C7H7ClFNO. The molecule has 11 heavy (non-hydrogen) atoms. The van der Waals surface area contributed by atoms with Gasteiger partial charge in [0.15, 0.2) is 5.69 Å². The van der Waals surface area contributed by atoms with Gasteiger partial charge in [-0.2, -0.15) is 9.12 Å². The summed E-state index contributed by atoms with van der Waals surface area (Å²) in [5.74, 6) is -0.676. The largest absolute Gasteiger partial charge is 0.618 e. The first-order valence-corrected chi connectivity index (χ1v) is 3.46. The summed E-state index contributed by atoms with van der Waals surface area (Å²) in [6, 6.07) is 0. The van der Waals surface area contributed by atoms with Crippen LogP contribution >= 0.6 is 11.6 Å². The zero-order valence-corrected chi connectivity index (χ0v) is 6.94. The van der Waals surface area contributed by atoms with Gasteiger partial charge < -0.3 is 5.21 Å². The van der Waals surface area contributed by atoms with E-state index in [1.54, 1.807) is 13.8 Å². The summed E-state index contributed by atoms with van der Waals surface area (Å²) >= 11 is 5.53. The lowest BCUT2D eigenvalue weighted by atomic mass is 10.2. The quantitative estimate of drug-likeness (QED) is 0.436. The molecule has 0 unspecified atom stereocenters. The fourth-order valence-electron chi connectivity index (χ4n) is 0.760. The first-order chi connectivity index (χ1) is 5.04. The van der Waals surface area contributed by atoms with Crippen molar-refractivity contribution in [1.29, 1.82) is 0 Å². The number of pyridine rings is 1. The molecule has 0 bridgehead atoms. The van der Waals surface area contributed by atoms with Crippen molar-refractivity contribution in [3.05, 3.63) is 33.5 Å². The van der Waals surface area contributed by atoms with Crippen molar-refractivity contribution in [3.8, 4) is 0 Å². The first kappa shape index (κ1) is 8.27. The highest BCUT2D eigenvalue weighted by molar-refractivity contribution is 6.31. The monoisotopic (exact) mass is 175 g/mol. The van der Waals surface area contributed by atoms with Crippen molar-refractivity contribution >= 4 is 11.6 Å². The van der Waals surface area contributed by atoms with Crippen LogP contribution in [0.4, 0.5) is 4.39 Å². The van der Waals surface area contributed by atoms with Crippen molar-refractivity contribution < 1.29 is 9.12 Å². The van der Waals surface area contributed by atoms with Gasteiger partial charge >= 0.3 is 0 Å². The molecule has 0 saturated heterocycles. The highest BCUT2D eigenvalue weighted by Gasteiger charge is 2.13. The van der Waals surface area contributed by atoms with Gasteiger partial charge in [-0.25, -0.2) is 0 Å². The molecule has 0 saturated carbocycles. The van der Waals surface area contributed by atoms with E-state index in [9.17, 15) is 9.60 Å². The predicted molar refractivity (Wildman–Crippen MR) is 39.8 cm³/mol. The van der Waals surface area contributed by atoms with Crippen LogP contribution < -0.4 is 4.73 Å². The van der Waals surface area contributed by atoms with Crippen LogP contribution in [0.15, 0.2) is 6.20 Å². The van der Waals surface area contributed by atoms with E-state index in [4.69, 9.17) is 11.6 Å². The Morgan fingerprint density at radius 1 is 1.55 bits per heavy atom. The number of halogens is 2. The summed E-state index contributed by atoms with van der Waals surface area (Å²) in [4.78, 5) is 0. The van der Waals surface area contributed by atoms with Crippen LogP contribution in [0.3, 0.4) is 0 Å². The molecule has 1 aromatic rings. The minimum absolute atomic E-state index is 0.0228. The van der Waals surface area contributed by atoms with Crippen molar-refractivity contribution in [2.45, 2.75) is 13.8 Å². The lowest BCUT2D eigenvalue weighted by molar-refractivity contribution is -0.614. The summed E-state index contributed by atoms with van der Waals surface area (Å²) in [6.07, 6.45) is 0.824. The summed E-state index contributed by atoms with van der Waals surface area (Å²) < 4.78 is 13.1. The Labute approximate surface area is 68.8 Å². The van der Waals surface area contributed by atoms with Crippen molar-refractivity contribution in [2.75, 3.05) is 0 Å². The average Bonchev–Trinajstić information content (AvgIpc) is 1.97. The molecule has 0 aliphatic carbocycles. The maximum absolute atomic E-state index is 12.7. The Kier molecular flexibility index (Phi) is 2.00. The molecular weight excluding hydrogens is 169 g/mol. The van der Waals surface area contributed by atoms with Gasteiger partial charge in [-0.3, -0.25) is 0 Å². The molecule has 0 atom stereocenters. The minimum Gasteiger partial charge on any atom is -0.618 e. The molecule has 0 aliphatic rings. The highest BCUT2D eigenvalue weighted by atomic mass is 35.5. The van der Waals surface area contributed by atoms with Crippen LogP contribution in [-0.4, -0.2) is 0 Å². The normalized spacial score (nSPS) is 10.2. The maximum atomic E-state index is 12.7. The molecule has 0 aromatic carbocycles. The van der Waals surface area contributed by atoms with Gasteiger partial charge in [0.05, 0.1) is 5.02 Å². The van der Waals surface area contributed by atoms with Gasteiger partial charge in [0.1, 0.15) is 0 Å². The zero-order chi connectivity index (χ0) is 8.59. The van der Waals surface area contributed by atoms with Gasteiger partial charge in [-0.05, 0) is 6.92 Å². The lowest BCUT2D eigenvalue weighted by Gasteiger charge is -2.04.